The zero-order chi connectivity index (χ0) is 28.8. The summed E-state index contributed by atoms with van der Waals surface area (Å²) in [5.41, 5.74) is 3.68. The van der Waals surface area contributed by atoms with Gasteiger partial charge in [0.2, 0.25) is 0 Å². The van der Waals surface area contributed by atoms with E-state index in [2.05, 4.69) is 11.8 Å². The smallest absolute Gasteiger partial charge is 0.330 e. The summed E-state index contributed by atoms with van der Waals surface area (Å²) in [6.07, 6.45) is 4.84. The topological polar surface area (TPSA) is 77.8 Å². The van der Waals surface area contributed by atoms with Crippen molar-refractivity contribution >= 4 is 26.9 Å². The molecule has 1 aliphatic rings. The molecule has 4 aromatic rings. The predicted octanol–water partition coefficient (Wildman–Crippen LogP) is 5.97. The average Bonchev–Trinajstić information content (AvgIpc) is 3.41. The van der Waals surface area contributed by atoms with Gasteiger partial charge in [-0.2, -0.15) is 0 Å². The van der Waals surface area contributed by atoms with E-state index in [4.69, 9.17) is 9.47 Å². The molecule has 0 saturated carbocycles. The molecular weight excluding hydrogens is 536 g/mol. The Hall–Kier alpha value is -3.72. The minimum Gasteiger partial charge on any atom is -0.466 e. The SMILES string of the molecule is CC[C@H]1CN(CCOCc2ccccc2)[C@H](c2cn(S(=O)(=O)c3ccccc3)c3ccccc23)C/C1=C\C(=O)OC. The minimum atomic E-state index is -3.82. The molecule has 1 saturated heterocycles. The van der Waals surface area contributed by atoms with E-state index >= 15 is 0 Å². The van der Waals surface area contributed by atoms with Gasteiger partial charge in [-0.3, -0.25) is 4.90 Å². The zero-order valence-electron chi connectivity index (χ0n) is 23.5. The fourth-order valence-corrected chi connectivity index (χ4v) is 7.07. The Balaban J connectivity index is 1.52. The summed E-state index contributed by atoms with van der Waals surface area (Å²) < 4.78 is 40.0. The number of piperidine rings is 1. The summed E-state index contributed by atoms with van der Waals surface area (Å²) >= 11 is 0. The number of hydrogen-bond donors (Lipinski definition) is 0. The zero-order valence-corrected chi connectivity index (χ0v) is 24.3. The Morgan fingerprint density at radius 1 is 0.976 bits per heavy atom. The molecule has 2 atom stereocenters. The molecule has 0 amide bonds. The van der Waals surface area contributed by atoms with Crippen LogP contribution < -0.4 is 0 Å². The molecule has 0 bridgehead atoms. The first kappa shape index (κ1) is 28.8. The van der Waals surface area contributed by atoms with E-state index < -0.39 is 10.0 Å². The first-order valence-corrected chi connectivity index (χ1v) is 15.4. The van der Waals surface area contributed by atoms with Crippen LogP contribution >= 0.6 is 0 Å². The molecular formula is C33H36N2O5S. The summed E-state index contributed by atoms with van der Waals surface area (Å²) in [6, 6.07) is 26.0. The van der Waals surface area contributed by atoms with Crippen LogP contribution in [0.3, 0.4) is 0 Å². The van der Waals surface area contributed by atoms with E-state index in [9.17, 15) is 13.2 Å². The quantitative estimate of drug-likeness (QED) is 0.132. The Morgan fingerprint density at radius 2 is 1.66 bits per heavy atom. The Bertz CT molecular complexity index is 1610. The summed E-state index contributed by atoms with van der Waals surface area (Å²) in [5.74, 6) is -0.188. The fraction of sp³-hybridized carbons (Fsp3) is 0.303. The third-order valence-corrected chi connectivity index (χ3v) is 9.54. The molecule has 3 aromatic carbocycles. The van der Waals surface area contributed by atoms with Crippen molar-refractivity contribution in [1.82, 2.24) is 8.87 Å². The third kappa shape index (κ3) is 6.30. The molecule has 2 heterocycles. The maximum atomic E-state index is 13.8. The summed E-state index contributed by atoms with van der Waals surface area (Å²) in [6.45, 7) is 4.57. The number of hydrogen-bond acceptors (Lipinski definition) is 6. The van der Waals surface area contributed by atoms with Gasteiger partial charge in [0.05, 0.1) is 30.7 Å². The molecule has 0 N–H and O–H groups in total. The second-order valence-corrected chi connectivity index (χ2v) is 12.1. The van der Waals surface area contributed by atoms with Crippen molar-refractivity contribution in [2.24, 2.45) is 5.92 Å². The lowest BCUT2D eigenvalue weighted by Crippen LogP contribution is -2.41. The second-order valence-electron chi connectivity index (χ2n) is 10.3. The number of para-hydroxylation sites is 1. The molecule has 8 heteroatoms. The number of nitrogens with zero attached hydrogens (tertiary/aromatic N) is 2. The van der Waals surface area contributed by atoms with Crippen LogP contribution in [0.4, 0.5) is 0 Å². The molecule has 1 fully saturated rings. The van der Waals surface area contributed by atoms with E-state index in [0.29, 0.717) is 31.7 Å². The number of benzene rings is 3. The molecule has 7 nitrogen and oxygen atoms in total. The molecule has 41 heavy (non-hydrogen) atoms. The van der Waals surface area contributed by atoms with Gasteiger partial charge in [-0.05, 0) is 48.1 Å². The maximum absolute atomic E-state index is 13.8. The number of aromatic nitrogens is 1. The van der Waals surface area contributed by atoms with Crippen molar-refractivity contribution in [2.75, 3.05) is 26.8 Å². The highest BCUT2D eigenvalue weighted by atomic mass is 32.2. The summed E-state index contributed by atoms with van der Waals surface area (Å²) in [4.78, 5) is 14.9. The van der Waals surface area contributed by atoms with Gasteiger partial charge in [-0.1, -0.05) is 79.2 Å². The highest BCUT2D eigenvalue weighted by Gasteiger charge is 2.35. The van der Waals surface area contributed by atoms with Gasteiger partial charge in [0.15, 0.2) is 0 Å². The van der Waals surface area contributed by atoms with Crippen molar-refractivity contribution in [3.8, 4) is 0 Å². The number of ether oxygens (including phenoxy) is 2. The lowest BCUT2D eigenvalue weighted by Gasteiger charge is -2.41. The predicted molar refractivity (Wildman–Crippen MR) is 160 cm³/mol. The van der Waals surface area contributed by atoms with Crippen molar-refractivity contribution in [1.29, 1.82) is 0 Å². The Labute approximate surface area is 242 Å². The molecule has 5 rings (SSSR count). The highest BCUT2D eigenvalue weighted by molar-refractivity contribution is 7.90. The van der Waals surface area contributed by atoms with Crippen molar-refractivity contribution < 1.29 is 22.7 Å². The number of methoxy groups -OCH3 is 1. The number of rotatable bonds is 10. The van der Waals surface area contributed by atoms with Gasteiger partial charge < -0.3 is 9.47 Å². The van der Waals surface area contributed by atoms with Gasteiger partial charge >= 0.3 is 5.97 Å². The number of likely N-dealkylation sites (tertiary alicyclic amines) is 1. The monoisotopic (exact) mass is 572 g/mol. The molecule has 0 aliphatic carbocycles. The van der Waals surface area contributed by atoms with Crippen LogP contribution in [0, 0.1) is 5.92 Å². The lowest BCUT2D eigenvalue weighted by molar-refractivity contribution is -0.135. The largest absolute Gasteiger partial charge is 0.466 e. The van der Waals surface area contributed by atoms with E-state index in [0.717, 1.165) is 35.1 Å². The maximum Gasteiger partial charge on any atom is 0.330 e. The van der Waals surface area contributed by atoms with E-state index in [1.165, 1.54) is 11.1 Å². The van der Waals surface area contributed by atoms with Crippen LogP contribution in [0.1, 0.15) is 36.9 Å². The number of carbonyl (C=O) groups is 1. The van der Waals surface area contributed by atoms with Crippen molar-refractivity contribution in [3.63, 3.8) is 0 Å². The van der Waals surface area contributed by atoms with E-state index in [1.54, 1.807) is 42.6 Å². The van der Waals surface area contributed by atoms with Crippen LogP contribution in [-0.4, -0.2) is 50.1 Å². The standard InChI is InChI=1S/C33H36N2O5S/c1-3-26-22-34(18-19-40-24-25-12-6-4-7-13-25)32(20-27(26)21-33(36)39-2)30-23-35(31-17-11-10-16-29(30)31)41(37,38)28-14-8-5-9-15-28/h4-17,21,23,26,32H,3,18-20,22,24H2,1-2H3/b27-21+/t26-,32-/m0/s1. The highest BCUT2D eigenvalue weighted by Crippen LogP contribution is 2.41. The molecule has 1 aromatic heterocycles. The molecule has 0 radical (unpaired) electrons. The summed E-state index contributed by atoms with van der Waals surface area (Å²) in [5, 5.41) is 0.875. The number of fused-ring (bicyclic) bond motifs is 1. The van der Waals surface area contributed by atoms with Crippen molar-refractivity contribution in [2.45, 2.75) is 37.3 Å². The third-order valence-electron chi connectivity index (χ3n) is 7.85. The van der Waals surface area contributed by atoms with Crippen LogP contribution in [0.5, 0.6) is 0 Å². The molecule has 0 spiro atoms. The summed E-state index contributed by atoms with van der Waals surface area (Å²) in [7, 11) is -2.43. The number of carbonyl (C=O) groups excluding carboxylic acids is 1. The van der Waals surface area contributed by atoms with E-state index in [1.807, 2.05) is 54.6 Å². The van der Waals surface area contributed by atoms with Crippen LogP contribution in [0.2, 0.25) is 0 Å². The molecule has 0 unspecified atom stereocenters. The van der Waals surface area contributed by atoms with Crippen LogP contribution in [-0.2, 0) is 30.9 Å². The van der Waals surface area contributed by atoms with Gasteiger partial charge in [0, 0.05) is 36.8 Å². The van der Waals surface area contributed by atoms with Gasteiger partial charge in [0.25, 0.3) is 10.0 Å². The molecule has 214 valence electrons. The average molecular weight is 573 g/mol. The van der Waals surface area contributed by atoms with Crippen LogP contribution in [0.25, 0.3) is 10.9 Å². The van der Waals surface area contributed by atoms with Gasteiger partial charge in [-0.15, -0.1) is 0 Å². The number of esters is 1. The minimum absolute atomic E-state index is 0.147. The Morgan fingerprint density at radius 3 is 2.37 bits per heavy atom. The fourth-order valence-electron chi connectivity index (χ4n) is 5.67. The second kappa shape index (κ2) is 12.9. The normalized spacial score (nSPS) is 19.0. The van der Waals surface area contributed by atoms with E-state index in [-0.39, 0.29) is 22.8 Å². The van der Waals surface area contributed by atoms with Gasteiger partial charge in [0.1, 0.15) is 0 Å². The molecule has 1 aliphatic heterocycles. The first-order valence-electron chi connectivity index (χ1n) is 14.0. The first-order chi connectivity index (χ1) is 19.9. The lowest BCUT2D eigenvalue weighted by atomic mass is 9.82. The van der Waals surface area contributed by atoms with Crippen molar-refractivity contribution in [3.05, 3.63) is 114 Å². The van der Waals surface area contributed by atoms with Gasteiger partial charge in [-0.25, -0.2) is 17.2 Å². The Kier molecular flexibility index (Phi) is 9.03. The van der Waals surface area contributed by atoms with Crippen LogP contribution in [0.15, 0.2) is 108 Å².